The molecule has 1 N–H and O–H groups in total. The fraction of sp³-hybridized carbons (Fsp3) is 0.462. The van der Waals surface area contributed by atoms with E-state index in [1.807, 2.05) is 41.1 Å². The quantitative estimate of drug-likeness (QED) is 0.384. The van der Waals surface area contributed by atoms with Gasteiger partial charge >= 0.3 is 0 Å². The van der Waals surface area contributed by atoms with Crippen LogP contribution in [0.3, 0.4) is 0 Å². The summed E-state index contributed by atoms with van der Waals surface area (Å²) in [6, 6.07) is 11.8. The maximum atomic E-state index is 13.1. The summed E-state index contributed by atoms with van der Waals surface area (Å²) in [7, 11) is 1.65. The van der Waals surface area contributed by atoms with Crippen LogP contribution in [0.4, 0.5) is 0 Å². The molecule has 0 saturated heterocycles. The first-order valence-electron chi connectivity index (χ1n) is 12.3. The lowest BCUT2D eigenvalue weighted by Gasteiger charge is -2.37. The molecule has 9 heteroatoms. The molecule has 0 amide bonds. The summed E-state index contributed by atoms with van der Waals surface area (Å²) >= 11 is 0. The molecule has 184 valence electrons. The first-order valence-corrected chi connectivity index (χ1v) is 12.3. The van der Waals surface area contributed by atoms with Crippen LogP contribution in [-0.4, -0.2) is 43.2 Å². The Morgan fingerprint density at radius 2 is 2.06 bits per heavy atom. The molecule has 0 radical (unpaired) electrons. The van der Waals surface area contributed by atoms with E-state index in [9.17, 15) is 4.79 Å². The van der Waals surface area contributed by atoms with Crippen LogP contribution in [0.1, 0.15) is 62.7 Å². The van der Waals surface area contributed by atoms with Crippen LogP contribution in [-0.2, 0) is 13.1 Å². The second-order valence-electron chi connectivity index (χ2n) is 9.65. The average molecular weight is 477 g/mol. The van der Waals surface area contributed by atoms with Gasteiger partial charge in [0.25, 0.3) is 5.56 Å². The van der Waals surface area contributed by atoms with E-state index in [1.54, 1.807) is 13.4 Å². The first kappa shape index (κ1) is 23.3. The lowest BCUT2D eigenvalue weighted by Crippen LogP contribution is -2.41. The van der Waals surface area contributed by atoms with Gasteiger partial charge in [0, 0.05) is 29.1 Å². The zero-order valence-corrected chi connectivity index (χ0v) is 20.5. The zero-order chi connectivity index (χ0) is 24.4. The second-order valence-corrected chi connectivity index (χ2v) is 9.65. The van der Waals surface area contributed by atoms with E-state index in [-0.39, 0.29) is 17.5 Å². The van der Waals surface area contributed by atoms with Gasteiger partial charge in [0.1, 0.15) is 18.1 Å². The van der Waals surface area contributed by atoms with E-state index in [0.29, 0.717) is 19.1 Å². The fourth-order valence-electron chi connectivity index (χ4n) is 5.28. The third-order valence-corrected chi connectivity index (χ3v) is 6.97. The molecule has 3 heterocycles. The number of benzene rings is 1. The number of ether oxygens (including phenoxy) is 1. The number of H-pyrrole nitrogens is 1. The van der Waals surface area contributed by atoms with Gasteiger partial charge in [-0.25, -0.2) is 4.68 Å². The van der Waals surface area contributed by atoms with Crippen LogP contribution in [0.25, 0.3) is 10.9 Å². The van der Waals surface area contributed by atoms with Gasteiger partial charge < -0.3 is 14.1 Å². The van der Waals surface area contributed by atoms with Gasteiger partial charge in [-0.1, -0.05) is 26.7 Å². The van der Waals surface area contributed by atoms with Crippen molar-refractivity contribution in [2.45, 2.75) is 64.7 Å². The molecule has 4 aromatic rings. The number of nitrogens with zero attached hydrogens (tertiary/aromatic N) is 5. The van der Waals surface area contributed by atoms with E-state index in [1.165, 1.54) is 12.8 Å². The maximum absolute atomic E-state index is 13.1. The molecule has 1 aliphatic rings. The summed E-state index contributed by atoms with van der Waals surface area (Å²) in [5.41, 5.74) is 1.46. The minimum absolute atomic E-state index is 0.0523. The van der Waals surface area contributed by atoms with Crippen molar-refractivity contribution in [3.8, 4) is 5.75 Å². The minimum atomic E-state index is -0.0663. The molecule has 1 fully saturated rings. The third kappa shape index (κ3) is 4.86. The van der Waals surface area contributed by atoms with Gasteiger partial charge in [-0.3, -0.25) is 9.69 Å². The van der Waals surface area contributed by atoms with Crippen molar-refractivity contribution >= 4 is 10.9 Å². The number of furan rings is 1. The predicted molar refractivity (Wildman–Crippen MR) is 132 cm³/mol. The van der Waals surface area contributed by atoms with Crippen LogP contribution in [0.15, 0.2) is 51.9 Å². The highest BCUT2D eigenvalue weighted by Gasteiger charge is 2.35. The van der Waals surface area contributed by atoms with Crippen molar-refractivity contribution < 1.29 is 9.15 Å². The number of hydrogen-bond acceptors (Lipinski definition) is 7. The molecule has 1 aromatic carbocycles. The summed E-state index contributed by atoms with van der Waals surface area (Å²) in [4.78, 5) is 18.6. The van der Waals surface area contributed by atoms with E-state index >= 15 is 0 Å². The number of aromatic nitrogens is 5. The molecule has 5 rings (SSSR count). The van der Waals surface area contributed by atoms with Crippen molar-refractivity contribution in [3.05, 3.63) is 70.2 Å². The van der Waals surface area contributed by atoms with Crippen molar-refractivity contribution in [1.82, 2.24) is 30.1 Å². The van der Waals surface area contributed by atoms with Crippen molar-refractivity contribution in [2.75, 3.05) is 7.11 Å². The monoisotopic (exact) mass is 476 g/mol. The van der Waals surface area contributed by atoms with Crippen LogP contribution >= 0.6 is 0 Å². The maximum Gasteiger partial charge on any atom is 0.252 e. The molecule has 0 bridgehead atoms. The number of rotatable bonds is 9. The van der Waals surface area contributed by atoms with Crippen LogP contribution < -0.4 is 10.3 Å². The van der Waals surface area contributed by atoms with Crippen LogP contribution in [0.2, 0.25) is 0 Å². The standard InChI is InChI=1S/C26H32N6O3/c1-17(2)24(25-28-29-30-32(25)16-22-9-6-12-35-22)31(20-7-4-5-8-20)15-19-13-18-14-21(34-3)10-11-23(18)27-26(19)33/h6,9-14,17,20,24H,4-5,7-8,15-16H2,1-3H3,(H,27,33)/t24-/m1/s1. The predicted octanol–water partition coefficient (Wildman–Crippen LogP) is 4.31. The molecular weight excluding hydrogens is 444 g/mol. The largest absolute Gasteiger partial charge is 0.497 e. The Morgan fingerprint density at radius 3 is 2.77 bits per heavy atom. The Labute approximate surface area is 204 Å². The van der Waals surface area contributed by atoms with Crippen molar-refractivity contribution in [1.29, 1.82) is 0 Å². The highest BCUT2D eigenvalue weighted by molar-refractivity contribution is 5.80. The Hall–Kier alpha value is -3.46. The van der Waals surface area contributed by atoms with Gasteiger partial charge in [0.05, 0.1) is 19.4 Å². The SMILES string of the molecule is COc1ccc2[nH]c(=O)c(CN(C3CCCC3)[C@@H](c3nnnn3Cc3ccco3)C(C)C)cc2c1. The van der Waals surface area contributed by atoms with Crippen LogP contribution in [0, 0.1) is 5.92 Å². The van der Waals surface area contributed by atoms with Gasteiger partial charge in [-0.05, 0) is 65.6 Å². The van der Waals surface area contributed by atoms with E-state index in [0.717, 1.165) is 46.6 Å². The Morgan fingerprint density at radius 1 is 1.23 bits per heavy atom. The molecule has 0 unspecified atom stereocenters. The summed E-state index contributed by atoms with van der Waals surface area (Å²) in [6.45, 7) is 5.36. The molecular formula is C26H32N6O3. The summed E-state index contributed by atoms with van der Waals surface area (Å²) in [5.74, 6) is 2.59. The normalized spacial score (nSPS) is 15.5. The van der Waals surface area contributed by atoms with Gasteiger partial charge in [-0.15, -0.1) is 5.10 Å². The average Bonchev–Trinajstić information content (AvgIpc) is 3.63. The van der Waals surface area contributed by atoms with Gasteiger partial charge in [0.2, 0.25) is 0 Å². The highest BCUT2D eigenvalue weighted by Crippen LogP contribution is 2.36. The highest BCUT2D eigenvalue weighted by atomic mass is 16.5. The number of methoxy groups -OCH3 is 1. The topological polar surface area (TPSA) is 102 Å². The van der Waals surface area contributed by atoms with Crippen LogP contribution in [0.5, 0.6) is 5.75 Å². The number of hydrogen-bond donors (Lipinski definition) is 1. The number of fused-ring (bicyclic) bond motifs is 1. The Balaban J connectivity index is 1.53. The lowest BCUT2D eigenvalue weighted by atomic mass is 9.97. The summed E-state index contributed by atoms with van der Waals surface area (Å²) in [6.07, 6.45) is 6.23. The fourth-order valence-corrected chi connectivity index (χ4v) is 5.28. The second kappa shape index (κ2) is 10.0. The van der Waals surface area contributed by atoms with E-state index < -0.39 is 0 Å². The molecule has 1 atom stereocenters. The molecule has 3 aromatic heterocycles. The smallest absolute Gasteiger partial charge is 0.252 e. The number of pyridine rings is 1. The number of tetrazole rings is 1. The van der Waals surface area contributed by atoms with Gasteiger partial charge in [0.15, 0.2) is 5.82 Å². The lowest BCUT2D eigenvalue weighted by molar-refractivity contribution is 0.0842. The summed E-state index contributed by atoms with van der Waals surface area (Å²) in [5, 5.41) is 13.7. The van der Waals surface area contributed by atoms with Crippen molar-refractivity contribution in [2.24, 2.45) is 5.92 Å². The van der Waals surface area contributed by atoms with Crippen molar-refractivity contribution in [3.63, 3.8) is 0 Å². The van der Waals surface area contributed by atoms with E-state index in [4.69, 9.17) is 9.15 Å². The minimum Gasteiger partial charge on any atom is -0.497 e. The zero-order valence-electron chi connectivity index (χ0n) is 20.5. The molecule has 9 nitrogen and oxygen atoms in total. The molecule has 1 aliphatic carbocycles. The van der Waals surface area contributed by atoms with Gasteiger partial charge in [-0.2, -0.15) is 0 Å². The Bertz CT molecular complexity index is 1320. The molecule has 0 spiro atoms. The van der Waals surface area contributed by atoms with E-state index in [2.05, 4.69) is 39.3 Å². The third-order valence-electron chi connectivity index (χ3n) is 6.97. The molecule has 0 aliphatic heterocycles. The summed E-state index contributed by atoms with van der Waals surface area (Å²) < 4.78 is 12.8. The first-order chi connectivity index (χ1) is 17.0. The molecule has 35 heavy (non-hydrogen) atoms. The molecule has 1 saturated carbocycles. The Kier molecular flexibility index (Phi) is 6.68. The number of aromatic amines is 1. The number of nitrogens with one attached hydrogen (secondary N) is 1.